The first-order valence-corrected chi connectivity index (χ1v) is 4.75. The van der Waals surface area contributed by atoms with E-state index in [0.717, 1.165) is 13.8 Å². The van der Waals surface area contributed by atoms with Gasteiger partial charge in [0, 0.05) is 5.56 Å². The lowest BCUT2D eigenvalue weighted by atomic mass is 9.79. The molecule has 1 rings (SSSR count). The zero-order chi connectivity index (χ0) is 12.3. The fourth-order valence-corrected chi connectivity index (χ4v) is 1.29. The molecule has 0 fully saturated rings. The fourth-order valence-electron chi connectivity index (χ4n) is 1.29. The van der Waals surface area contributed by atoms with Gasteiger partial charge in [-0.15, -0.1) is 0 Å². The van der Waals surface area contributed by atoms with Crippen molar-refractivity contribution in [2.75, 3.05) is 0 Å². The van der Waals surface area contributed by atoms with Crippen molar-refractivity contribution in [3.8, 4) is 0 Å². The summed E-state index contributed by atoms with van der Waals surface area (Å²) in [6.45, 7) is 2.24. The Kier molecular flexibility index (Phi) is 3.22. The zero-order valence-corrected chi connectivity index (χ0v) is 9.06. The molecular formula is C12H12O4. The smallest absolute Gasteiger partial charge is 0.324 e. The number of aliphatic carboxylic acids is 1. The van der Waals surface area contributed by atoms with E-state index < -0.39 is 23.0 Å². The van der Waals surface area contributed by atoms with Crippen molar-refractivity contribution >= 4 is 17.5 Å². The summed E-state index contributed by atoms with van der Waals surface area (Å²) in [5.74, 6) is -2.78. The maximum Gasteiger partial charge on any atom is 0.324 e. The van der Waals surface area contributed by atoms with Gasteiger partial charge >= 0.3 is 5.97 Å². The summed E-state index contributed by atoms with van der Waals surface area (Å²) < 4.78 is 0. The molecule has 0 bridgehead atoms. The molecule has 1 unspecified atom stereocenters. The summed E-state index contributed by atoms with van der Waals surface area (Å²) in [6, 6.07) is 7.94. The first kappa shape index (κ1) is 12.1. The third-order valence-electron chi connectivity index (χ3n) is 2.62. The number of hydrogen-bond donors (Lipinski definition) is 1. The largest absolute Gasteiger partial charge is 0.480 e. The minimum Gasteiger partial charge on any atom is -0.480 e. The van der Waals surface area contributed by atoms with Crippen LogP contribution in [0.25, 0.3) is 0 Å². The first-order chi connectivity index (χ1) is 7.40. The average molecular weight is 220 g/mol. The Balaban J connectivity index is 3.22. The molecule has 4 heteroatoms. The van der Waals surface area contributed by atoms with E-state index in [2.05, 4.69) is 0 Å². The molecule has 0 heterocycles. The normalized spacial score (nSPS) is 13.9. The molecule has 0 radical (unpaired) electrons. The van der Waals surface area contributed by atoms with Crippen LogP contribution in [-0.4, -0.2) is 22.6 Å². The first-order valence-electron chi connectivity index (χ1n) is 4.75. The Bertz CT molecular complexity index is 420. The summed E-state index contributed by atoms with van der Waals surface area (Å²) in [4.78, 5) is 34.3. The average Bonchev–Trinajstić information content (AvgIpc) is 2.27. The van der Waals surface area contributed by atoms with Crippen molar-refractivity contribution in [1.82, 2.24) is 0 Å². The number of ketones is 2. The molecule has 16 heavy (non-hydrogen) atoms. The highest BCUT2D eigenvalue weighted by molar-refractivity contribution is 6.25. The second kappa shape index (κ2) is 4.26. The van der Waals surface area contributed by atoms with Gasteiger partial charge in [-0.1, -0.05) is 30.3 Å². The lowest BCUT2D eigenvalue weighted by Gasteiger charge is -2.19. The van der Waals surface area contributed by atoms with Crippen LogP contribution in [0.2, 0.25) is 0 Å². The fraction of sp³-hybridized carbons (Fsp3) is 0.250. The maximum absolute atomic E-state index is 11.9. The Morgan fingerprint density at radius 3 is 2.00 bits per heavy atom. The number of benzene rings is 1. The van der Waals surface area contributed by atoms with E-state index in [0.29, 0.717) is 0 Å². The Morgan fingerprint density at radius 1 is 1.12 bits per heavy atom. The number of rotatable bonds is 4. The molecule has 0 aliphatic rings. The number of Topliss-reactive ketones (excluding diaryl/α,β-unsaturated/α-hetero) is 2. The van der Waals surface area contributed by atoms with E-state index in [1.54, 1.807) is 18.2 Å². The van der Waals surface area contributed by atoms with Crippen molar-refractivity contribution in [3.05, 3.63) is 35.9 Å². The molecule has 0 amide bonds. The predicted molar refractivity (Wildman–Crippen MR) is 57.2 cm³/mol. The molecule has 0 saturated carbocycles. The zero-order valence-electron chi connectivity index (χ0n) is 9.06. The van der Waals surface area contributed by atoms with E-state index in [1.807, 2.05) is 0 Å². The van der Waals surface area contributed by atoms with Crippen LogP contribution in [0.4, 0.5) is 0 Å². The van der Waals surface area contributed by atoms with E-state index in [9.17, 15) is 14.4 Å². The van der Waals surface area contributed by atoms with Gasteiger partial charge in [0.2, 0.25) is 0 Å². The topological polar surface area (TPSA) is 71.4 Å². The quantitative estimate of drug-likeness (QED) is 0.617. The van der Waals surface area contributed by atoms with E-state index in [-0.39, 0.29) is 5.56 Å². The van der Waals surface area contributed by atoms with Crippen LogP contribution in [0.15, 0.2) is 30.3 Å². The molecule has 0 aliphatic heterocycles. The summed E-state index contributed by atoms with van der Waals surface area (Å²) in [7, 11) is 0. The third-order valence-corrected chi connectivity index (χ3v) is 2.62. The van der Waals surface area contributed by atoms with Crippen molar-refractivity contribution in [2.45, 2.75) is 13.8 Å². The minimum atomic E-state index is -2.00. The van der Waals surface area contributed by atoms with Gasteiger partial charge in [0.1, 0.15) is 0 Å². The standard InChI is InChI=1S/C12H12O4/c1-8(13)12(2,11(15)16)10(14)9-6-4-3-5-7-9/h3-7H,1-2H3,(H,15,16). The predicted octanol–water partition coefficient (Wildman–Crippen LogP) is 1.55. The molecular weight excluding hydrogens is 208 g/mol. The van der Waals surface area contributed by atoms with Crippen LogP contribution in [0, 0.1) is 5.41 Å². The monoisotopic (exact) mass is 220 g/mol. The number of hydrogen-bond acceptors (Lipinski definition) is 3. The van der Waals surface area contributed by atoms with Gasteiger partial charge in [-0.25, -0.2) is 0 Å². The Hall–Kier alpha value is -1.97. The van der Waals surface area contributed by atoms with Crippen LogP contribution >= 0.6 is 0 Å². The molecule has 0 aliphatic carbocycles. The van der Waals surface area contributed by atoms with Gasteiger partial charge in [-0.05, 0) is 13.8 Å². The Labute approximate surface area is 92.9 Å². The lowest BCUT2D eigenvalue weighted by Crippen LogP contribution is -2.42. The van der Waals surface area contributed by atoms with Gasteiger partial charge in [0.05, 0.1) is 0 Å². The number of carbonyl (C=O) groups is 3. The maximum atomic E-state index is 11.9. The molecule has 1 aromatic carbocycles. The summed E-state index contributed by atoms with van der Waals surface area (Å²) in [6.07, 6.45) is 0. The molecule has 1 aromatic rings. The molecule has 0 saturated heterocycles. The molecule has 1 atom stereocenters. The van der Waals surface area contributed by atoms with Gasteiger partial charge in [0.25, 0.3) is 0 Å². The number of carbonyl (C=O) groups excluding carboxylic acids is 2. The number of carboxylic acid groups (broad SMARTS) is 1. The van der Waals surface area contributed by atoms with Gasteiger partial charge < -0.3 is 5.11 Å². The summed E-state index contributed by atoms with van der Waals surface area (Å²) >= 11 is 0. The molecule has 84 valence electrons. The van der Waals surface area contributed by atoms with Gasteiger partial charge in [-0.3, -0.25) is 14.4 Å². The van der Waals surface area contributed by atoms with Crippen molar-refractivity contribution < 1.29 is 19.5 Å². The molecule has 0 spiro atoms. The van der Waals surface area contributed by atoms with Crippen LogP contribution in [0.3, 0.4) is 0 Å². The van der Waals surface area contributed by atoms with E-state index >= 15 is 0 Å². The van der Waals surface area contributed by atoms with Crippen molar-refractivity contribution in [1.29, 1.82) is 0 Å². The van der Waals surface area contributed by atoms with Crippen molar-refractivity contribution in [3.63, 3.8) is 0 Å². The van der Waals surface area contributed by atoms with Gasteiger partial charge in [-0.2, -0.15) is 0 Å². The van der Waals surface area contributed by atoms with Crippen molar-refractivity contribution in [2.24, 2.45) is 5.41 Å². The van der Waals surface area contributed by atoms with E-state index in [1.165, 1.54) is 12.1 Å². The van der Waals surface area contributed by atoms with Crippen LogP contribution in [0.5, 0.6) is 0 Å². The van der Waals surface area contributed by atoms with Crippen LogP contribution < -0.4 is 0 Å². The Morgan fingerprint density at radius 2 is 1.62 bits per heavy atom. The van der Waals surface area contributed by atoms with Crippen LogP contribution in [0.1, 0.15) is 24.2 Å². The highest BCUT2D eigenvalue weighted by Crippen LogP contribution is 2.24. The highest BCUT2D eigenvalue weighted by atomic mass is 16.4. The number of carboxylic acids is 1. The minimum absolute atomic E-state index is 0.225. The van der Waals surface area contributed by atoms with Crippen LogP contribution in [-0.2, 0) is 9.59 Å². The summed E-state index contributed by atoms with van der Waals surface area (Å²) in [5, 5.41) is 8.99. The third kappa shape index (κ3) is 1.86. The summed E-state index contributed by atoms with van der Waals surface area (Å²) in [5.41, 5.74) is -1.77. The lowest BCUT2D eigenvalue weighted by molar-refractivity contribution is -0.149. The van der Waals surface area contributed by atoms with Gasteiger partial charge in [0.15, 0.2) is 17.0 Å². The highest BCUT2D eigenvalue weighted by Gasteiger charge is 2.46. The van der Waals surface area contributed by atoms with E-state index in [4.69, 9.17) is 5.11 Å². The molecule has 4 nitrogen and oxygen atoms in total. The second-order valence-corrected chi connectivity index (χ2v) is 3.68. The molecule has 0 aromatic heterocycles. The second-order valence-electron chi connectivity index (χ2n) is 3.68. The molecule has 1 N–H and O–H groups in total. The SMILES string of the molecule is CC(=O)C(C)(C(=O)O)C(=O)c1ccccc1.